The average Bonchev–Trinajstić information content (AvgIpc) is 3.59. The molecule has 19 nitrogen and oxygen atoms in total. The number of thioether (sulfide) groups is 1. The summed E-state index contributed by atoms with van der Waals surface area (Å²) in [6, 6.07) is 7.07. The number of rotatable bonds is 14. The van der Waals surface area contributed by atoms with Crippen molar-refractivity contribution in [2.24, 2.45) is 0 Å². The van der Waals surface area contributed by atoms with Gasteiger partial charge in [-0.25, -0.2) is 18.9 Å². The number of amides is 1. The van der Waals surface area contributed by atoms with Crippen molar-refractivity contribution in [2.75, 3.05) is 37.2 Å². The number of hydrogen-bond acceptors (Lipinski definition) is 17. The number of aromatic nitrogens is 2. The van der Waals surface area contributed by atoms with Crippen LogP contribution < -0.4 is 20.7 Å². The molecule has 5 N–H and O–H groups in total. The number of phosphoric ester groups is 1. The normalized spacial score (nSPS) is 16.0. The summed E-state index contributed by atoms with van der Waals surface area (Å²) in [7, 11) is -4.11. The van der Waals surface area contributed by atoms with Gasteiger partial charge >= 0.3 is 37.8 Å². The zero-order chi connectivity index (χ0) is 37.4. The molecule has 0 spiro atoms. The Morgan fingerprint density at radius 2 is 1.81 bits per heavy atom. The van der Waals surface area contributed by atoms with E-state index < -0.39 is 69.6 Å². The first-order valence-electron chi connectivity index (χ1n) is 15.4. The van der Waals surface area contributed by atoms with Gasteiger partial charge in [-0.2, -0.15) is 4.98 Å². The Balaban J connectivity index is 0.00000627. The molecule has 0 radical (unpaired) electrons. The van der Waals surface area contributed by atoms with Gasteiger partial charge in [0.1, 0.15) is 27.7 Å². The van der Waals surface area contributed by atoms with Crippen LogP contribution in [-0.2, 0) is 50.4 Å². The third-order valence-electron chi connectivity index (χ3n) is 7.19. The van der Waals surface area contributed by atoms with E-state index in [0.29, 0.717) is 19.3 Å². The van der Waals surface area contributed by atoms with E-state index in [-0.39, 0.29) is 63.4 Å². The van der Waals surface area contributed by atoms with Crippen molar-refractivity contribution >= 4 is 72.7 Å². The van der Waals surface area contributed by atoms with Crippen LogP contribution in [0.3, 0.4) is 0 Å². The number of carbonyl (C=O) groups is 5. The molecule has 4 heterocycles. The number of carboxylic acids is 2. The number of thiophene rings is 1. The Morgan fingerprint density at radius 3 is 2.51 bits per heavy atom. The van der Waals surface area contributed by atoms with Crippen molar-refractivity contribution in [3.8, 4) is 5.75 Å². The van der Waals surface area contributed by atoms with Gasteiger partial charge in [0.25, 0.3) is 5.56 Å². The number of anilines is 2. The maximum absolute atomic E-state index is 13.5. The summed E-state index contributed by atoms with van der Waals surface area (Å²) in [6.45, 7) is -1.10. The van der Waals surface area contributed by atoms with Gasteiger partial charge < -0.3 is 34.7 Å². The molecule has 1 fully saturated rings. The number of aryl methyl sites for hydroxylation is 1. The molecule has 23 heteroatoms. The summed E-state index contributed by atoms with van der Waals surface area (Å²) >= 11 is 2.34. The van der Waals surface area contributed by atoms with Crippen molar-refractivity contribution in [1.29, 1.82) is 0 Å². The third-order valence-corrected chi connectivity index (χ3v) is 11.1. The second-order valence-electron chi connectivity index (χ2n) is 11.0. The summed E-state index contributed by atoms with van der Waals surface area (Å²) in [5.74, 6) is -4.82. The molecule has 1 atom stereocenters. The minimum atomic E-state index is -4.11. The number of carboxylic acid groups (broad SMARTS) is 2. The number of H-pyrrole nitrogens is 1. The number of esters is 2. The molecule has 0 aliphatic carbocycles. The smallest absolute Gasteiger partial charge is 0.481 e. The number of ether oxygens (including phenoxy) is 3. The van der Waals surface area contributed by atoms with Crippen LogP contribution in [0, 0.1) is 0 Å². The number of fused-ring (bicyclic) bond motifs is 1. The predicted molar refractivity (Wildman–Crippen MR) is 180 cm³/mol. The summed E-state index contributed by atoms with van der Waals surface area (Å²) in [4.78, 5) is 82.0. The molecule has 2 aliphatic heterocycles. The molecule has 53 heavy (non-hydrogen) atoms. The van der Waals surface area contributed by atoms with Crippen LogP contribution in [-0.4, -0.2) is 82.0 Å². The van der Waals surface area contributed by atoms with Gasteiger partial charge in [-0.3, -0.25) is 33.3 Å². The maximum atomic E-state index is 13.5. The molecule has 1 saturated heterocycles. The molecule has 290 valence electrons. The zero-order valence-corrected chi connectivity index (χ0v) is 32.2. The number of aliphatic carboxylic acids is 1. The minimum Gasteiger partial charge on any atom is -0.481 e. The van der Waals surface area contributed by atoms with E-state index in [4.69, 9.17) is 38.6 Å². The van der Waals surface area contributed by atoms with Crippen molar-refractivity contribution < 1.29 is 66.5 Å². The standard InChI is InChI=1S/C30H31N4O15PS2.Fm/c31-29-32-25-24(26(38)33-29)52-18(4-3-17-5-7-21(51-17)27(39)40)13-34(25)30(42)44-14-16-2-6-20(49-50(43)47-10-1-11-48-50)19(12-16)28(41)46-15-45-23(37)9-8-22(35)36;/h2,5-7,12,18H,1,3-4,8-11,13-15H2,(H,35,36)(H,39,40)(H3,31,32,33,38);. The average molecular weight is 1040 g/mol. The molecular formula is C30H31FmN4O15PS2. The van der Waals surface area contributed by atoms with Crippen LogP contribution in [0.1, 0.15) is 56.2 Å². The Morgan fingerprint density at radius 1 is 1.06 bits per heavy atom. The number of nitrogens with two attached hydrogens (primary N) is 1. The van der Waals surface area contributed by atoms with Gasteiger partial charge in [0.05, 0.1) is 26.1 Å². The van der Waals surface area contributed by atoms with Crippen molar-refractivity contribution in [2.45, 2.75) is 48.9 Å². The van der Waals surface area contributed by atoms with Crippen molar-refractivity contribution in [1.82, 2.24) is 9.97 Å². The minimum absolute atomic E-state index is 0. The molecule has 1 amide bonds. The Labute approximate surface area is 301 Å². The van der Waals surface area contributed by atoms with Crippen LogP contribution in [0.5, 0.6) is 5.75 Å². The largest absolute Gasteiger partial charge is 0.530 e. The van der Waals surface area contributed by atoms with Gasteiger partial charge in [-0.15, -0.1) is 23.1 Å². The van der Waals surface area contributed by atoms with Gasteiger partial charge in [-0.1, -0.05) is 6.07 Å². The van der Waals surface area contributed by atoms with E-state index in [0.717, 1.165) is 21.1 Å². The number of phosphoric acid groups is 1. The van der Waals surface area contributed by atoms with Crippen LogP contribution in [0.4, 0.5) is 16.6 Å². The van der Waals surface area contributed by atoms with E-state index in [1.807, 2.05) is 0 Å². The van der Waals surface area contributed by atoms with Crippen LogP contribution in [0.2, 0.25) is 0 Å². The molecule has 0 bridgehead atoms. The van der Waals surface area contributed by atoms with Crippen LogP contribution >= 0.6 is 30.9 Å². The second kappa shape index (κ2) is 17.5. The monoisotopic (exact) mass is 1040 g/mol. The first kappa shape index (κ1) is 39.8. The number of nitrogens with one attached hydrogen (secondary N) is 1. The summed E-state index contributed by atoms with van der Waals surface area (Å²) in [5.41, 5.74) is 5.11. The molecule has 0 saturated carbocycles. The Hall–Kier alpha value is -5.95. The van der Waals surface area contributed by atoms with E-state index in [1.54, 1.807) is 6.07 Å². The number of benzene rings is 1. The first-order valence-corrected chi connectivity index (χ1v) is 18.5. The van der Waals surface area contributed by atoms with Crippen molar-refractivity contribution in [3.05, 3.63) is 61.6 Å². The summed E-state index contributed by atoms with van der Waals surface area (Å²) < 4.78 is 44.0. The number of carbonyl (C=O) groups excluding carboxylic acids is 3. The number of aromatic carboxylic acids is 1. The van der Waals surface area contributed by atoms with Gasteiger partial charge in [0, 0.05) is 16.7 Å². The fraction of sp³-hybridized carbons (Fsp3) is 0.367. The van der Waals surface area contributed by atoms with Gasteiger partial charge in [0.15, 0.2) is 5.82 Å². The predicted octanol–water partition coefficient (Wildman–Crippen LogP) is 3.81. The number of nitrogens with zero attached hydrogens (tertiary/aromatic N) is 2. The van der Waals surface area contributed by atoms with Crippen LogP contribution in [0.15, 0.2) is 40.0 Å². The molecular weight excluding hydrogens is 1010 g/mol. The third kappa shape index (κ3) is 10.5. The number of aromatic amines is 1. The van der Waals surface area contributed by atoms with Gasteiger partial charge in [0.2, 0.25) is 12.7 Å². The topological polar surface area (TPSA) is 273 Å². The fourth-order valence-corrected chi connectivity index (χ4v) is 8.11. The first-order chi connectivity index (χ1) is 24.8. The van der Waals surface area contributed by atoms with E-state index in [2.05, 4.69) is 9.97 Å². The molecule has 1 unspecified atom stereocenters. The Kier molecular flexibility index (Phi) is 13.2. The van der Waals surface area contributed by atoms with E-state index >= 15 is 0 Å². The number of hydrogen-bond donors (Lipinski definition) is 4. The maximum Gasteiger partial charge on any atom is 0.530 e. The summed E-state index contributed by atoms with van der Waals surface area (Å²) in [5, 5.41) is 17.6. The number of nitrogen functional groups attached to an aromatic ring is 1. The van der Waals surface area contributed by atoms with E-state index in [1.165, 1.54) is 36.0 Å². The zero-order valence-electron chi connectivity index (χ0n) is 27.3. The van der Waals surface area contributed by atoms with Crippen LogP contribution in [0.25, 0.3) is 0 Å². The molecule has 1 aromatic carbocycles. The SMILES string of the molecule is Nc1nc2c(c(=O)[nH]1)SC(CCc1ccc(C(=O)O)s1)CN2C(=O)OCc1ccc(OP2(=O)OCCCO2)c(C(=O)OCOC(=O)CCC(=O)O)c1.[Fm]. The summed E-state index contributed by atoms with van der Waals surface area (Å²) in [6.07, 6.45) is -0.450. The molecule has 5 rings (SSSR count). The van der Waals surface area contributed by atoms with Crippen molar-refractivity contribution in [3.63, 3.8) is 0 Å². The van der Waals surface area contributed by atoms with Gasteiger partial charge in [-0.05, 0) is 49.1 Å². The quantitative estimate of drug-likeness (QED) is 0.102. The fourth-order valence-electron chi connectivity index (χ4n) is 4.75. The molecule has 3 aromatic rings. The Bertz CT molecular complexity index is 1970. The second-order valence-corrected chi connectivity index (χ2v) is 15.0. The molecule has 2 aromatic heterocycles. The molecule has 2 aliphatic rings. The van der Waals surface area contributed by atoms with E-state index in [9.17, 15) is 38.4 Å².